The number of carbonyl (C=O) groups excluding carboxylic acids is 2. The van der Waals surface area contributed by atoms with Crippen molar-refractivity contribution in [1.82, 2.24) is 15.5 Å². The lowest BCUT2D eigenvalue weighted by Gasteiger charge is -2.17. The van der Waals surface area contributed by atoms with Crippen LogP contribution < -0.4 is 10.2 Å². The van der Waals surface area contributed by atoms with E-state index in [4.69, 9.17) is 0 Å². The number of nitrogens with zero attached hydrogens (tertiary/aromatic N) is 3. The third-order valence-electron chi connectivity index (χ3n) is 5.08. The molecule has 3 aromatic rings. The normalized spacial score (nSPS) is 14.5. The van der Waals surface area contributed by atoms with Crippen LogP contribution in [0.5, 0.6) is 0 Å². The van der Waals surface area contributed by atoms with Gasteiger partial charge in [0.15, 0.2) is 4.34 Å². The maximum absolute atomic E-state index is 12.5. The molecular weight excluding hydrogens is 416 g/mol. The van der Waals surface area contributed by atoms with Crippen molar-refractivity contribution in [2.45, 2.75) is 49.5 Å². The van der Waals surface area contributed by atoms with Gasteiger partial charge in [0.25, 0.3) is 0 Å². The molecule has 8 heteroatoms. The molecule has 1 aliphatic carbocycles. The van der Waals surface area contributed by atoms with Gasteiger partial charge in [-0.05, 0) is 36.1 Å². The molecule has 1 atom stereocenters. The lowest BCUT2D eigenvalue weighted by Crippen LogP contribution is -2.32. The number of carbonyl (C=O) groups is 2. The van der Waals surface area contributed by atoms with E-state index in [1.54, 1.807) is 4.90 Å². The van der Waals surface area contributed by atoms with E-state index >= 15 is 0 Å². The van der Waals surface area contributed by atoms with Crippen LogP contribution in [0.2, 0.25) is 0 Å². The molecule has 156 valence electrons. The van der Waals surface area contributed by atoms with Gasteiger partial charge in [-0.3, -0.25) is 14.5 Å². The second kappa shape index (κ2) is 9.14. The first-order chi connectivity index (χ1) is 14.6. The molecular formula is C22H24N4O2S2. The van der Waals surface area contributed by atoms with Gasteiger partial charge in [-0.25, -0.2) is 0 Å². The highest BCUT2D eigenvalue weighted by Gasteiger charge is 2.35. The van der Waals surface area contributed by atoms with Gasteiger partial charge in [-0.15, -0.1) is 10.2 Å². The molecule has 1 aliphatic rings. The van der Waals surface area contributed by atoms with Crippen LogP contribution in [0.25, 0.3) is 10.8 Å². The number of amides is 2. The fraction of sp³-hybridized carbons (Fsp3) is 0.364. The average molecular weight is 441 g/mol. The van der Waals surface area contributed by atoms with E-state index in [2.05, 4.69) is 39.8 Å². The molecule has 0 bridgehead atoms. The maximum Gasteiger partial charge on any atom is 0.230 e. The van der Waals surface area contributed by atoms with Gasteiger partial charge in [0.1, 0.15) is 0 Å². The molecule has 1 N–H and O–H groups in total. The summed E-state index contributed by atoms with van der Waals surface area (Å²) in [6, 6.07) is 14.5. The van der Waals surface area contributed by atoms with Crippen molar-refractivity contribution in [3.8, 4) is 0 Å². The van der Waals surface area contributed by atoms with Gasteiger partial charge < -0.3 is 5.32 Å². The van der Waals surface area contributed by atoms with Crippen molar-refractivity contribution < 1.29 is 9.59 Å². The van der Waals surface area contributed by atoms with Gasteiger partial charge in [-0.2, -0.15) is 0 Å². The third-order valence-corrected chi connectivity index (χ3v) is 7.14. The fourth-order valence-corrected chi connectivity index (χ4v) is 5.19. The zero-order valence-electron chi connectivity index (χ0n) is 17.0. The number of aromatic nitrogens is 2. The molecule has 4 rings (SSSR count). The van der Waals surface area contributed by atoms with Crippen LogP contribution in [0, 0.1) is 0 Å². The van der Waals surface area contributed by atoms with Gasteiger partial charge in [0, 0.05) is 12.5 Å². The molecule has 1 fully saturated rings. The van der Waals surface area contributed by atoms with E-state index in [0.717, 1.165) is 29.2 Å². The first kappa shape index (κ1) is 20.8. The summed E-state index contributed by atoms with van der Waals surface area (Å²) < 4.78 is 0.701. The number of fused-ring (bicyclic) bond motifs is 1. The van der Waals surface area contributed by atoms with E-state index in [1.165, 1.54) is 23.1 Å². The molecule has 1 heterocycles. The minimum Gasteiger partial charge on any atom is -0.349 e. The monoisotopic (exact) mass is 440 g/mol. The Hall–Kier alpha value is -2.45. The van der Waals surface area contributed by atoms with Crippen LogP contribution in [0.15, 0.2) is 46.8 Å². The number of nitrogens with one attached hydrogen (secondary N) is 1. The number of hydrogen-bond acceptors (Lipinski definition) is 6. The molecule has 0 radical (unpaired) electrons. The Labute approximate surface area is 184 Å². The van der Waals surface area contributed by atoms with E-state index in [1.807, 2.05) is 32.0 Å². The molecule has 0 saturated heterocycles. The maximum atomic E-state index is 12.5. The summed E-state index contributed by atoms with van der Waals surface area (Å²) >= 11 is 2.73. The quantitative estimate of drug-likeness (QED) is 0.410. The Balaban J connectivity index is 1.36. The van der Waals surface area contributed by atoms with Crippen molar-refractivity contribution in [3.63, 3.8) is 0 Å². The van der Waals surface area contributed by atoms with E-state index in [0.29, 0.717) is 15.9 Å². The van der Waals surface area contributed by atoms with Gasteiger partial charge in [0.2, 0.25) is 16.9 Å². The van der Waals surface area contributed by atoms with E-state index in [9.17, 15) is 9.59 Å². The number of rotatable bonds is 8. The molecule has 1 aromatic heterocycles. The second-order valence-corrected chi connectivity index (χ2v) is 9.52. The van der Waals surface area contributed by atoms with Crippen LogP contribution in [0.1, 0.15) is 44.7 Å². The third kappa shape index (κ3) is 4.65. The van der Waals surface area contributed by atoms with Crippen LogP contribution in [0.3, 0.4) is 0 Å². The predicted molar refractivity (Wildman–Crippen MR) is 122 cm³/mol. The first-order valence-corrected chi connectivity index (χ1v) is 11.9. The molecule has 6 nitrogen and oxygen atoms in total. The van der Waals surface area contributed by atoms with Crippen molar-refractivity contribution in [3.05, 3.63) is 48.0 Å². The van der Waals surface area contributed by atoms with Crippen molar-refractivity contribution in [2.75, 3.05) is 10.7 Å². The predicted octanol–water partition coefficient (Wildman–Crippen LogP) is 4.57. The molecule has 2 aromatic carbocycles. The first-order valence-electron chi connectivity index (χ1n) is 10.1. The van der Waals surface area contributed by atoms with Crippen molar-refractivity contribution in [1.29, 1.82) is 0 Å². The summed E-state index contributed by atoms with van der Waals surface area (Å²) in [6.07, 6.45) is 2.48. The van der Waals surface area contributed by atoms with Crippen LogP contribution in [-0.4, -0.2) is 33.8 Å². The van der Waals surface area contributed by atoms with Crippen LogP contribution in [-0.2, 0) is 9.59 Å². The Morgan fingerprint density at radius 1 is 1.20 bits per heavy atom. The Morgan fingerprint density at radius 2 is 1.97 bits per heavy atom. The zero-order valence-corrected chi connectivity index (χ0v) is 18.6. The number of benzene rings is 2. The van der Waals surface area contributed by atoms with Crippen molar-refractivity contribution >= 4 is 50.8 Å². The zero-order chi connectivity index (χ0) is 21.1. The fourth-order valence-electron chi connectivity index (χ4n) is 3.44. The molecule has 30 heavy (non-hydrogen) atoms. The van der Waals surface area contributed by atoms with Crippen molar-refractivity contribution in [2.24, 2.45) is 0 Å². The summed E-state index contributed by atoms with van der Waals surface area (Å²) in [5.41, 5.74) is 1.10. The minimum atomic E-state index is -0.0956. The van der Waals surface area contributed by atoms with Gasteiger partial charge >= 0.3 is 0 Å². The summed E-state index contributed by atoms with van der Waals surface area (Å²) in [7, 11) is 0. The number of anilines is 1. The highest BCUT2D eigenvalue weighted by Crippen LogP contribution is 2.36. The smallest absolute Gasteiger partial charge is 0.230 e. The highest BCUT2D eigenvalue weighted by atomic mass is 32.2. The number of hydrogen-bond donors (Lipinski definition) is 1. The van der Waals surface area contributed by atoms with Crippen LogP contribution >= 0.6 is 23.1 Å². The largest absolute Gasteiger partial charge is 0.349 e. The lowest BCUT2D eigenvalue weighted by molar-refractivity contribution is -0.119. The van der Waals surface area contributed by atoms with E-state index in [-0.39, 0.29) is 29.7 Å². The molecule has 0 aliphatic heterocycles. The highest BCUT2D eigenvalue weighted by molar-refractivity contribution is 8.01. The van der Waals surface area contributed by atoms with Gasteiger partial charge in [-0.1, -0.05) is 72.5 Å². The Morgan fingerprint density at radius 3 is 2.73 bits per heavy atom. The second-order valence-electron chi connectivity index (χ2n) is 7.35. The lowest BCUT2D eigenvalue weighted by atomic mass is 10.00. The average Bonchev–Trinajstić information content (AvgIpc) is 3.48. The molecule has 2 amide bonds. The van der Waals surface area contributed by atoms with Gasteiger partial charge in [0.05, 0.1) is 11.8 Å². The molecule has 1 saturated carbocycles. The summed E-state index contributed by atoms with van der Waals surface area (Å²) in [5, 5.41) is 14.4. The van der Waals surface area contributed by atoms with Crippen LogP contribution in [0.4, 0.5) is 5.13 Å². The summed E-state index contributed by atoms with van der Waals surface area (Å²) in [5.74, 6) is 0.280. The standard InChI is InChI=1S/C22H24N4O2S2/c1-3-20(28)26(16-11-12-16)21-24-25-22(30-21)29-13-19(27)23-14(2)17-10-6-8-15-7-4-5-9-18(15)17/h4-10,14,16H,3,11-13H2,1-2H3,(H,23,27)/t14-/m1/s1. The number of thioether (sulfide) groups is 1. The molecule has 0 spiro atoms. The summed E-state index contributed by atoms with van der Waals surface area (Å²) in [4.78, 5) is 26.5. The topological polar surface area (TPSA) is 75.2 Å². The Bertz CT molecular complexity index is 1060. The minimum absolute atomic E-state index is 0.0548. The van der Waals surface area contributed by atoms with E-state index < -0.39 is 0 Å². The molecule has 0 unspecified atom stereocenters. The summed E-state index contributed by atoms with van der Waals surface area (Å²) in [6.45, 7) is 3.85. The Kier molecular flexibility index (Phi) is 6.34. The SMILES string of the molecule is CCC(=O)N(c1nnc(SCC(=O)N[C@H](C)c2cccc3ccccc23)s1)C1CC1.